The van der Waals surface area contributed by atoms with Crippen molar-refractivity contribution in [3.8, 4) is 17.2 Å². The zero-order valence-corrected chi connectivity index (χ0v) is 19.5. The minimum absolute atomic E-state index is 0.266. The van der Waals surface area contributed by atoms with E-state index >= 15 is 0 Å². The van der Waals surface area contributed by atoms with E-state index in [1.165, 1.54) is 21.9 Å². The Hall–Kier alpha value is -3.82. The third kappa shape index (κ3) is 6.20. The van der Waals surface area contributed by atoms with E-state index in [4.69, 9.17) is 34.0 Å². The van der Waals surface area contributed by atoms with Gasteiger partial charge in [-0.05, 0) is 40.1 Å². The molecule has 2 aliphatic heterocycles. The minimum atomic E-state index is -1.82. The van der Waals surface area contributed by atoms with Crippen LogP contribution in [0.25, 0.3) is 10.8 Å². The van der Waals surface area contributed by atoms with Crippen LogP contribution in [0.15, 0.2) is 54.6 Å². The Balaban J connectivity index is 0.000000431. The largest absolute Gasteiger partial charge is 0.493 e. The highest BCUT2D eigenvalue weighted by Crippen LogP contribution is 2.42. The van der Waals surface area contributed by atoms with Gasteiger partial charge in [-0.15, -0.1) is 0 Å². The number of ether oxygens (including phenoxy) is 3. The number of hydrogen-bond acceptors (Lipinski definition) is 7. The van der Waals surface area contributed by atoms with Crippen LogP contribution in [0.1, 0.15) is 11.1 Å². The van der Waals surface area contributed by atoms with Crippen LogP contribution in [0.5, 0.6) is 17.2 Å². The van der Waals surface area contributed by atoms with Crippen molar-refractivity contribution in [1.82, 2.24) is 9.80 Å². The van der Waals surface area contributed by atoms with Crippen molar-refractivity contribution in [2.24, 2.45) is 0 Å². The highest BCUT2D eigenvalue weighted by atomic mass is 16.7. The van der Waals surface area contributed by atoms with Gasteiger partial charge in [-0.25, -0.2) is 9.59 Å². The molecule has 0 aliphatic carbocycles. The summed E-state index contributed by atoms with van der Waals surface area (Å²) >= 11 is 0. The number of rotatable bonds is 5. The number of fused-ring (bicyclic) bond motifs is 2. The molecule has 0 atom stereocenters. The van der Waals surface area contributed by atoms with Gasteiger partial charge < -0.3 is 24.4 Å². The molecule has 5 rings (SSSR count). The molecule has 3 aromatic rings. The van der Waals surface area contributed by atoms with Gasteiger partial charge in [-0.1, -0.05) is 36.4 Å². The van der Waals surface area contributed by atoms with Crippen LogP contribution < -0.4 is 14.2 Å². The highest BCUT2D eigenvalue weighted by molar-refractivity contribution is 6.27. The second-order valence-corrected chi connectivity index (χ2v) is 8.38. The average Bonchev–Trinajstić information content (AvgIpc) is 3.34. The molecule has 0 saturated carbocycles. The number of carbonyl (C=O) groups is 2. The van der Waals surface area contributed by atoms with Crippen LogP contribution in [-0.4, -0.2) is 72.0 Å². The van der Waals surface area contributed by atoms with Gasteiger partial charge in [0.2, 0.25) is 12.5 Å². The summed E-state index contributed by atoms with van der Waals surface area (Å²) in [5.41, 5.74) is 2.59. The predicted molar refractivity (Wildman–Crippen MR) is 129 cm³/mol. The summed E-state index contributed by atoms with van der Waals surface area (Å²) in [6.45, 7) is 6.45. The van der Waals surface area contributed by atoms with Crippen molar-refractivity contribution in [1.29, 1.82) is 0 Å². The quantitative estimate of drug-likeness (QED) is 0.533. The molecule has 1 saturated heterocycles. The third-order valence-electron chi connectivity index (χ3n) is 5.99. The first-order valence-electron chi connectivity index (χ1n) is 11.3. The zero-order chi connectivity index (χ0) is 24.8. The molecule has 0 amide bonds. The molecule has 2 aliphatic rings. The normalized spacial score (nSPS) is 15.3. The second-order valence-electron chi connectivity index (χ2n) is 8.38. The van der Waals surface area contributed by atoms with E-state index in [-0.39, 0.29) is 6.79 Å². The van der Waals surface area contributed by atoms with Crippen molar-refractivity contribution >= 4 is 22.7 Å². The number of nitrogens with zero attached hydrogens (tertiary/aromatic N) is 2. The van der Waals surface area contributed by atoms with E-state index in [9.17, 15) is 0 Å². The lowest BCUT2D eigenvalue weighted by atomic mass is 10.1. The van der Waals surface area contributed by atoms with Crippen LogP contribution in [0.3, 0.4) is 0 Å². The fraction of sp³-hybridized carbons (Fsp3) is 0.308. The van der Waals surface area contributed by atoms with Crippen molar-refractivity contribution in [2.75, 3.05) is 40.1 Å². The topological polar surface area (TPSA) is 109 Å². The molecule has 0 spiro atoms. The lowest BCUT2D eigenvalue weighted by Crippen LogP contribution is -2.45. The first-order chi connectivity index (χ1) is 16.9. The minimum Gasteiger partial charge on any atom is -0.493 e. The Morgan fingerprint density at radius 1 is 0.829 bits per heavy atom. The summed E-state index contributed by atoms with van der Waals surface area (Å²) in [7, 11) is 1.67. The first kappa shape index (κ1) is 24.3. The molecule has 184 valence electrons. The van der Waals surface area contributed by atoms with Crippen molar-refractivity contribution < 1.29 is 34.0 Å². The van der Waals surface area contributed by atoms with Gasteiger partial charge in [0.1, 0.15) is 0 Å². The number of carboxylic acids is 2. The summed E-state index contributed by atoms with van der Waals surface area (Å²) in [5.74, 6) is -1.39. The number of benzene rings is 3. The van der Waals surface area contributed by atoms with E-state index in [0.29, 0.717) is 0 Å². The molecular formula is C26H28N2O7. The standard InChI is InChI=1S/C24H26N2O3.C2H2O4/c1-27-22-13-19(14-23-24(22)29-17-28-23)16-26-10-8-25(9-11-26)15-18-6-7-20-4-2-3-5-21(20)12-18;3-1(4)2(5)6/h2-7,12-14H,8-11,15-17H2,1H3;(H,3,4)(H,5,6). The fourth-order valence-electron chi connectivity index (χ4n) is 4.23. The number of carboxylic acid groups (broad SMARTS) is 2. The van der Waals surface area contributed by atoms with Crippen LogP contribution in [-0.2, 0) is 22.7 Å². The maximum absolute atomic E-state index is 9.10. The molecule has 9 heteroatoms. The van der Waals surface area contributed by atoms with E-state index in [0.717, 1.165) is 56.5 Å². The van der Waals surface area contributed by atoms with Crippen LogP contribution in [0.2, 0.25) is 0 Å². The van der Waals surface area contributed by atoms with Gasteiger partial charge in [-0.2, -0.15) is 0 Å². The van der Waals surface area contributed by atoms with Crippen LogP contribution >= 0.6 is 0 Å². The van der Waals surface area contributed by atoms with E-state index in [2.05, 4.69) is 64.4 Å². The van der Waals surface area contributed by atoms with Gasteiger partial charge >= 0.3 is 11.9 Å². The summed E-state index contributed by atoms with van der Waals surface area (Å²) in [5, 5.41) is 17.4. The first-order valence-corrected chi connectivity index (χ1v) is 11.3. The molecule has 2 heterocycles. The SMILES string of the molecule is COc1cc(CN2CCN(Cc3ccc4ccccc4c3)CC2)cc2c1OCO2.O=C(O)C(=O)O. The summed E-state index contributed by atoms with van der Waals surface area (Å²) in [6.07, 6.45) is 0. The van der Waals surface area contributed by atoms with Gasteiger partial charge in [-0.3, -0.25) is 9.80 Å². The third-order valence-corrected chi connectivity index (χ3v) is 5.99. The Morgan fingerprint density at radius 2 is 1.46 bits per heavy atom. The van der Waals surface area contributed by atoms with Crippen LogP contribution in [0, 0.1) is 0 Å². The average molecular weight is 481 g/mol. The van der Waals surface area contributed by atoms with Crippen molar-refractivity contribution in [3.63, 3.8) is 0 Å². The predicted octanol–water partition coefficient (Wildman–Crippen LogP) is 3.05. The van der Waals surface area contributed by atoms with Gasteiger partial charge in [0.05, 0.1) is 7.11 Å². The molecule has 9 nitrogen and oxygen atoms in total. The maximum atomic E-state index is 9.10. The Morgan fingerprint density at radius 3 is 2.09 bits per heavy atom. The lowest BCUT2D eigenvalue weighted by molar-refractivity contribution is -0.159. The number of piperazine rings is 1. The summed E-state index contributed by atoms with van der Waals surface area (Å²) < 4.78 is 16.5. The molecular weight excluding hydrogens is 452 g/mol. The lowest BCUT2D eigenvalue weighted by Gasteiger charge is -2.34. The molecule has 0 unspecified atom stereocenters. The fourth-order valence-corrected chi connectivity index (χ4v) is 4.23. The van der Waals surface area contributed by atoms with Gasteiger partial charge in [0, 0.05) is 39.3 Å². The molecule has 0 radical (unpaired) electrons. The molecule has 35 heavy (non-hydrogen) atoms. The Bertz CT molecular complexity index is 1190. The molecule has 0 bridgehead atoms. The number of hydrogen-bond donors (Lipinski definition) is 2. The molecule has 0 aromatic heterocycles. The van der Waals surface area contributed by atoms with Crippen molar-refractivity contribution in [3.05, 3.63) is 65.7 Å². The smallest absolute Gasteiger partial charge is 0.414 e. The van der Waals surface area contributed by atoms with Gasteiger partial charge in [0.15, 0.2) is 11.5 Å². The van der Waals surface area contributed by atoms with Crippen LogP contribution in [0.4, 0.5) is 0 Å². The Kier molecular flexibility index (Phi) is 7.69. The molecule has 3 aromatic carbocycles. The Labute approximate surface area is 203 Å². The molecule has 1 fully saturated rings. The highest BCUT2D eigenvalue weighted by Gasteiger charge is 2.22. The van der Waals surface area contributed by atoms with Crippen molar-refractivity contribution in [2.45, 2.75) is 13.1 Å². The monoisotopic (exact) mass is 480 g/mol. The van der Waals surface area contributed by atoms with E-state index < -0.39 is 11.9 Å². The zero-order valence-electron chi connectivity index (χ0n) is 19.5. The van der Waals surface area contributed by atoms with Gasteiger partial charge in [0.25, 0.3) is 0 Å². The number of aliphatic carboxylic acids is 2. The van der Waals surface area contributed by atoms with E-state index in [1.807, 2.05) is 0 Å². The maximum Gasteiger partial charge on any atom is 0.414 e. The summed E-state index contributed by atoms with van der Waals surface area (Å²) in [6, 6.07) is 19.5. The second kappa shape index (κ2) is 11.1. The summed E-state index contributed by atoms with van der Waals surface area (Å²) in [4.78, 5) is 23.2. The number of methoxy groups -OCH3 is 1. The molecule has 2 N–H and O–H groups in total. The van der Waals surface area contributed by atoms with E-state index in [1.54, 1.807) is 7.11 Å².